The van der Waals surface area contributed by atoms with Crippen LogP contribution in [0.5, 0.6) is 5.75 Å². The van der Waals surface area contributed by atoms with E-state index < -0.39 is 70.7 Å². The fourth-order valence-corrected chi connectivity index (χ4v) is 7.56. The van der Waals surface area contributed by atoms with Gasteiger partial charge in [-0.25, -0.2) is 22.9 Å². The predicted octanol–water partition coefficient (Wildman–Crippen LogP) is 7.34. The highest BCUT2D eigenvalue weighted by Gasteiger charge is 2.39. The summed E-state index contributed by atoms with van der Waals surface area (Å²) in [6, 6.07) is -1.69. The fraction of sp³-hybridized carbons (Fsp3) is 0.684. The molecular weight excluding hydrogens is 735 g/mol. The second kappa shape index (κ2) is 21.8. The Balaban J connectivity index is 1.93. The zero-order valence-corrected chi connectivity index (χ0v) is 32.9. The number of carbonyl (C=O) groups excluding carboxylic acids is 3. The summed E-state index contributed by atoms with van der Waals surface area (Å²) in [5.41, 5.74) is -0.435. The lowest BCUT2D eigenvalue weighted by molar-refractivity contribution is -0.143. The number of carbonyl (C=O) groups is 3. The Labute approximate surface area is 318 Å². The first-order chi connectivity index (χ1) is 25.7. The smallest absolute Gasteiger partial charge is 0.363 e. The van der Waals surface area contributed by atoms with Crippen LogP contribution in [0.25, 0.3) is 0 Å². The molecule has 0 saturated carbocycles. The Hall–Kier alpha value is -3.21. The summed E-state index contributed by atoms with van der Waals surface area (Å²) in [6.07, 6.45) is 6.10. The molecule has 5 atom stereocenters. The number of piperidine rings is 1. The van der Waals surface area contributed by atoms with Gasteiger partial charge in [-0.3, -0.25) is 14.5 Å². The highest BCUT2D eigenvalue weighted by atomic mass is 32.1. The number of benzene rings is 1. The number of unbranched alkanes of at least 4 members (excludes halogenated alkanes) is 3. The van der Waals surface area contributed by atoms with Gasteiger partial charge in [-0.1, -0.05) is 66.7 Å². The van der Waals surface area contributed by atoms with Gasteiger partial charge in [0.15, 0.2) is 5.69 Å². The molecule has 0 radical (unpaired) electrons. The first-order valence-electron chi connectivity index (χ1n) is 19.0. The molecule has 2 amide bonds. The number of aliphatic hydroxyl groups excluding tert-OH is 1. The molecule has 1 saturated heterocycles. The molecule has 0 aliphatic carbocycles. The normalized spacial score (nSPS) is 17.2. The number of ether oxygens (including phenoxy) is 2. The topological polar surface area (TPSA) is 121 Å². The molecule has 1 aliphatic heterocycles. The first-order valence-corrected chi connectivity index (χ1v) is 19.9. The van der Waals surface area contributed by atoms with Crippen molar-refractivity contribution in [2.24, 2.45) is 11.8 Å². The zero-order valence-electron chi connectivity index (χ0n) is 32.1. The molecule has 54 heavy (non-hydrogen) atoms. The SMILES string of the molecule is CCCCCCN(C(=O)[C@@H](NC(=O)[C@H]1CCCCN1CCO)[C@@H](C)CC)[C@H](C[C@@H](OCC)c1nc(C(=O)Oc2c(F)c(F)c(F)c(F)c2F)cs1)C(C)C. The second-order valence-corrected chi connectivity index (χ2v) is 15.0. The maximum Gasteiger partial charge on any atom is 0.363 e. The number of aromatic nitrogens is 1. The van der Waals surface area contributed by atoms with Gasteiger partial charge in [0, 0.05) is 37.5 Å². The van der Waals surface area contributed by atoms with Crippen molar-refractivity contribution in [3.8, 4) is 5.75 Å². The minimum absolute atomic E-state index is 0.0762. The maximum atomic E-state index is 14.8. The van der Waals surface area contributed by atoms with Gasteiger partial charge < -0.3 is 24.8 Å². The van der Waals surface area contributed by atoms with E-state index in [1.807, 2.05) is 37.5 Å². The van der Waals surface area contributed by atoms with Gasteiger partial charge in [-0.05, 0) is 44.6 Å². The molecule has 3 rings (SSSR count). The average Bonchev–Trinajstić information content (AvgIpc) is 3.66. The van der Waals surface area contributed by atoms with E-state index in [0.717, 1.165) is 49.9 Å². The van der Waals surface area contributed by atoms with E-state index in [4.69, 9.17) is 4.74 Å². The van der Waals surface area contributed by atoms with Crippen LogP contribution in [0.3, 0.4) is 0 Å². The highest BCUT2D eigenvalue weighted by Crippen LogP contribution is 2.33. The van der Waals surface area contributed by atoms with E-state index in [-0.39, 0.29) is 48.3 Å². The molecule has 1 aliphatic rings. The molecular formula is C38H55F5N4O6S. The van der Waals surface area contributed by atoms with E-state index in [1.54, 1.807) is 6.92 Å². The van der Waals surface area contributed by atoms with E-state index in [1.165, 1.54) is 5.38 Å². The summed E-state index contributed by atoms with van der Waals surface area (Å²) in [7, 11) is 0. The minimum atomic E-state index is -2.38. The van der Waals surface area contributed by atoms with Crippen LogP contribution in [0.2, 0.25) is 0 Å². The molecule has 2 heterocycles. The summed E-state index contributed by atoms with van der Waals surface area (Å²) in [5, 5.41) is 14.2. The standard InChI is InChI=1S/C38H55F5N4O6S/c1-7-10-11-13-17-47(37(50)33(23(6)8-2)45-35(49)25-15-12-14-16-46(25)18-19-48)26(22(4)5)20-27(52-9-3)36-44-24(21-54-36)38(51)53-34-31(42)29(40)28(39)30(41)32(34)43/h21-23,25-27,33,48H,7-20H2,1-6H3,(H,45,49)/t23-,25+,26+,27+,33-/m0/s1. The van der Waals surface area contributed by atoms with Gasteiger partial charge in [0.2, 0.25) is 46.6 Å². The molecule has 16 heteroatoms. The van der Waals surface area contributed by atoms with Gasteiger partial charge in [-0.2, -0.15) is 8.78 Å². The molecule has 304 valence electrons. The van der Waals surface area contributed by atoms with Crippen molar-refractivity contribution >= 4 is 29.1 Å². The Morgan fingerprint density at radius 2 is 1.67 bits per heavy atom. The summed E-state index contributed by atoms with van der Waals surface area (Å²) in [4.78, 5) is 49.4. The van der Waals surface area contributed by atoms with Crippen molar-refractivity contribution in [2.75, 3.05) is 32.8 Å². The highest BCUT2D eigenvalue weighted by molar-refractivity contribution is 7.09. The third-order valence-corrected chi connectivity index (χ3v) is 10.9. The van der Waals surface area contributed by atoms with Crippen LogP contribution in [-0.2, 0) is 14.3 Å². The number of rotatable bonds is 21. The number of halogens is 5. The van der Waals surface area contributed by atoms with Gasteiger partial charge in [0.1, 0.15) is 17.2 Å². The Bertz CT molecular complexity index is 1520. The summed E-state index contributed by atoms with van der Waals surface area (Å²) >= 11 is 0.980. The number of hydrogen-bond donors (Lipinski definition) is 2. The molecule has 0 spiro atoms. The average molecular weight is 791 g/mol. The molecule has 2 N–H and O–H groups in total. The number of nitrogens with zero attached hydrogens (tertiary/aromatic N) is 3. The van der Waals surface area contributed by atoms with Gasteiger partial charge >= 0.3 is 5.97 Å². The number of amides is 2. The van der Waals surface area contributed by atoms with Crippen LogP contribution in [0.4, 0.5) is 22.0 Å². The number of nitrogens with one attached hydrogen (secondary N) is 1. The third-order valence-electron chi connectivity index (χ3n) is 9.98. The fourth-order valence-electron chi connectivity index (χ4n) is 6.71. The van der Waals surface area contributed by atoms with Gasteiger partial charge in [-0.15, -0.1) is 11.3 Å². The van der Waals surface area contributed by atoms with Crippen molar-refractivity contribution in [3.05, 3.63) is 45.2 Å². The zero-order chi connectivity index (χ0) is 40.1. The number of thiazole rings is 1. The Kier molecular flexibility index (Phi) is 18.2. The molecule has 0 bridgehead atoms. The number of β-amino-alcohol motifs (C(OH)–C–C–N with tert-alkyl or cyclic N) is 1. The lowest BCUT2D eigenvalue weighted by atomic mass is 9.91. The molecule has 0 unspecified atom stereocenters. The van der Waals surface area contributed by atoms with Crippen molar-refractivity contribution in [2.45, 2.75) is 124 Å². The molecule has 1 fully saturated rings. The largest absolute Gasteiger partial charge is 0.415 e. The molecule has 1 aromatic carbocycles. The molecule has 1 aromatic heterocycles. The van der Waals surface area contributed by atoms with Crippen LogP contribution in [0, 0.1) is 40.9 Å². The van der Waals surface area contributed by atoms with Crippen molar-refractivity contribution < 1.29 is 50.9 Å². The minimum Gasteiger partial charge on any atom is -0.415 e. The van der Waals surface area contributed by atoms with Gasteiger partial charge in [0.05, 0.1) is 12.6 Å². The second-order valence-electron chi connectivity index (χ2n) is 14.1. The van der Waals surface area contributed by atoms with Crippen molar-refractivity contribution in [1.29, 1.82) is 0 Å². The summed E-state index contributed by atoms with van der Waals surface area (Å²) < 4.78 is 80.2. The first kappa shape index (κ1) is 45.2. The lowest BCUT2D eigenvalue weighted by Crippen LogP contribution is -2.59. The molecule has 10 nitrogen and oxygen atoms in total. The monoisotopic (exact) mass is 790 g/mol. The van der Waals surface area contributed by atoms with Crippen LogP contribution >= 0.6 is 11.3 Å². The van der Waals surface area contributed by atoms with Crippen LogP contribution in [-0.4, -0.2) is 88.6 Å². The van der Waals surface area contributed by atoms with E-state index in [9.17, 15) is 41.4 Å². The Morgan fingerprint density at radius 3 is 2.26 bits per heavy atom. The lowest BCUT2D eigenvalue weighted by Gasteiger charge is -2.40. The van der Waals surface area contributed by atoms with E-state index in [2.05, 4.69) is 22.0 Å². The van der Waals surface area contributed by atoms with E-state index in [0.29, 0.717) is 32.5 Å². The third kappa shape index (κ3) is 11.4. The quantitative estimate of drug-likeness (QED) is 0.0337. The number of esters is 1. The summed E-state index contributed by atoms with van der Waals surface area (Å²) in [5.74, 6) is -15.4. The van der Waals surface area contributed by atoms with Crippen molar-refractivity contribution in [1.82, 2.24) is 20.1 Å². The molecule has 2 aromatic rings. The predicted molar refractivity (Wildman–Crippen MR) is 194 cm³/mol. The van der Waals surface area contributed by atoms with E-state index >= 15 is 0 Å². The van der Waals surface area contributed by atoms with Crippen LogP contribution < -0.4 is 10.1 Å². The maximum absolute atomic E-state index is 14.8. The number of likely N-dealkylation sites (tertiary alicyclic amines) is 1. The van der Waals surface area contributed by atoms with Crippen LogP contribution in [0.15, 0.2) is 5.38 Å². The summed E-state index contributed by atoms with van der Waals surface area (Å²) in [6.45, 7) is 13.3. The van der Waals surface area contributed by atoms with Gasteiger partial charge in [0.25, 0.3) is 0 Å². The number of aliphatic hydroxyl groups is 1. The van der Waals surface area contributed by atoms with Crippen LogP contribution in [0.1, 0.15) is 121 Å². The Morgan fingerprint density at radius 1 is 1.00 bits per heavy atom. The number of hydrogen-bond acceptors (Lipinski definition) is 9. The van der Waals surface area contributed by atoms with Crippen molar-refractivity contribution in [3.63, 3.8) is 0 Å².